The van der Waals surface area contributed by atoms with Crippen LogP contribution in [0.25, 0.3) is 61.7 Å². The molecule has 7 nitrogen and oxygen atoms in total. The summed E-state index contributed by atoms with van der Waals surface area (Å²) in [6.45, 7) is 3.80. The molecule has 2 aromatic heterocycles. The highest BCUT2D eigenvalue weighted by atomic mass is 32.2. The van der Waals surface area contributed by atoms with Crippen LogP contribution in [-0.4, -0.2) is 27.8 Å². The lowest BCUT2D eigenvalue weighted by Gasteiger charge is -2.24. The first kappa shape index (κ1) is 27.2. The highest BCUT2D eigenvalue weighted by molar-refractivity contribution is 7.80. The minimum atomic E-state index is -2.60. The molecule has 0 radical (unpaired) electrons. The summed E-state index contributed by atoms with van der Waals surface area (Å²) < 4.78 is 65.0. The van der Waals surface area contributed by atoms with Gasteiger partial charge >= 0.3 is 0 Å². The van der Waals surface area contributed by atoms with E-state index in [2.05, 4.69) is 22.6 Å². The Bertz CT molecular complexity index is 2060. The summed E-state index contributed by atoms with van der Waals surface area (Å²) in [5, 5.41) is 3.74. The fourth-order valence-corrected chi connectivity index (χ4v) is 5.21. The standard InChI is InChI=1S/C32H23F2N3O4S/c1-4-25(35-2)30-24-16-23(19-6-5-7-20(14-19)32-36-26-15-22(34)12-13-28(26)41-32)27(37(3)42(38)39)17-29(24)40-31(30)18-8-10-21(33)11-9-18/h5-17,35H,1H2,2-3H3,(H,38,39)/p-1. The van der Waals surface area contributed by atoms with Crippen LogP contribution in [0.15, 0.2) is 100 Å². The molecule has 1 unspecified atom stereocenters. The molecule has 1 N–H and O–H groups in total. The lowest BCUT2D eigenvalue weighted by Crippen LogP contribution is -2.20. The Hall–Kier alpha value is -5.02. The summed E-state index contributed by atoms with van der Waals surface area (Å²) in [7, 11) is 3.15. The van der Waals surface area contributed by atoms with Gasteiger partial charge in [0.15, 0.2) is 5.58 Å². The number of halogens is 2. The van der Waals surface area contributed by atoms with Crippen LogP contribution in [-0.2, 0) is 11.3 Å². The van der Waals surface area contributed by atoms with Crippen molar-refractivity contribution in [3.05, 3.63) is 108 Å². The molecule has 2 heterocycles. The van der Waals surface area contributed by atoms with Gasteiger partial charge in [0.1, 0.15) is 28.5 Å². The average Bonchev–Trinajstić information content (AvgIpc) is 3.58. The number of oxazole rings is 1. The van der Waals surface area contributed by atoms with Crippen LogP contribution >= 0.6 is 0 Å². The van der Waals surface area contributed by atoms with Crippen molar-refractivity contribution >= 4 is 44.7 Å². The number of anilines is 1. The Morgan fingerprint density at radius 3 is 2.40 bits per heavy atom. The number of rotatable bonds is 7. The summed E-state index contributed by atoms with van der Waals surface area (Å²) >= 11 is -2.60. The van der Waals surface area contributed by atoms with Crippen molar-refractivity contribution in [1.82, 2.24) is 10.3 Å². The van der Waals surface area contributed by atoms with Crippen LogP contribution in [0.1, 0.15) is 5.56 Å². The third-order valence-electron chi connectivity index (χ3n) is 6.92. The van der Waals surface area contributed by atoms with Crippen molar-refractivity contribution in [2.45, 2.75) is 0 Å². The molecular formula is C32H22F2N3O4S-. The van der Waals surface area contributed by atoms with E-state index >= 15 is 0 Å². The van der Waals surface area contributed by atoms with Gasteiger partial charge in [-0.3, -0.25) is 4.21 Å². The number of hydrogen-bond acceptors (Lipinski definition) is 6. The maximum Gasteiger partial charge on any atom is 0.227 e. The first-order chi connectivity index (χ1) is 20.3. The smallest absolute Gasteiger partial charge is 0.227 e. The second-order valence-corrected chi connectivity index (χ2v) is 10.4. The first-order valence-corrected chi connectivity index (χ1v) is 13.7. The molecule has 0 aliphatic rings. The number of fused-ring (bicyclic) bond motifs is 2. The molecule has 0 fully saturated rings. The Morgan fingerprint density at radius 2 is 1.69 bits per heavy atom. The van der Waals surface area contributed by atoms with Crippen LogP contribution in [0.3, 0.4) is 0 Å². The van der Waals surface area contributed by atoms with Gasteiger partial charge in [-0.05, 0) is 60.2 Å². The highest BCUT2D eigenvalue weighted by Gasteiger charge is 2.23. The molecule has 0 aliphatic carbocycles. The number of benzene rings is 4. The largest absolute Gasteiger partial charge is 0.755 e. The van der Waals surface area contributed by atoms with Gasteiger partial charge in [0.05, 0.1) is 16.9 Å². The maximum atomic E-state index is 13.7. The van der Waals surface area contributed by atoms with Crippen LogP contribution in [0, 0.1) is 11.6 Å². The molecule has 4 aromatic carbocycles. The summed E-state index contributed by atoms with van der Waals surface area (Å²) in [5.74, 6) is -0.0897. The minimum Gasteiger partial charge on any atom is -0.755 e. The zero-order valence-electron chi connectivity index (χ0n) is 22.4. The van der Waals surface area contributed by atoms with Crippen LogP contribution in [0.5, 0.6) is 0 Å². The van der Waals surface area contributed by atoms with Crippen molar-refractivity contribution in [2.75, 3.05) is 18.4 Å². The third-order valence-corrected chi connectivity index (χ3v) is 7.57. The predicted octanol–water partition coefficient (Wildman–Crippen LogP) is 7.43. The van der Waals surface area contributed by atoms with E-state index in [4.69, 9.17) is 8.83 Å². The molecular weight excluding hydrogens is 560 g/mol. The lowest BCUT2D eigenvalue weighted by atomic mass is 9.96. The molecule has 42 heavy (non-hydrogen) atoms. The Balaban J connectivity index is 1.60. The van der Waals surface area contributed by atoms with Gasteiger partial charge in [0.25, 0.3) is 0 Å². The zero-order valence-corrected chi connectivity index (χ0v) is 23.2. The van der Waals surface area contributed by atoms with E-state index in [1.165, 1.54) is 37.4 Å². The Labute approximate surface area is 241 Å². The first-order valence-electron chi connectivity index (χ1n) is 12.7. The highest BCUT2D eigenvalue weighted by Crippen LogP contribution is 2.43. The number of nitrogens with zero attached hydrogens (tertiary/aromatic N) is 2. The van der Waals surface area contributed by atoms with Gasteiger partial charge in [-0.15, -0.1) is 5.73 Å². The molecule has 0 saturated carbocycles. The molecule has 0 saturated heterocycles. The lowest BCUT2D eigenvalue weighted by molar-refractivity contribution is 0.535. The van der Waals surface area contributed by atoms with Crippen molar-refractivity contribution in [2.24, 2.45) is 0 Å². The number of furan rings is 1. The van der Waals surface area contributed by atoms with Crippen LogP contribution < -0.4 is 9.62 Å². The van der Waals surface area contributed by atoms with Crippen molar-refractivity contribution in [3.63, 3.8) is 0 Å². The van der Waals surface area contributed by atoms with Crippen molar-refractivity contribution < 1.29 is 26.4 Å². The molecule has 6 rings (SSSR count). The normalized spacial score (nSPS) is 11.9. The molecule has 210 valence electrons. The van der Waals surface area contributed by atoms with E-state index in [1.807, 2.05) is 18.2 Å². The third kappa shape index (κ3) is 4.77. The molecule has 6 aromatic rings. The van der Waals surface area contributed by atoms with E-state index in [0.717, 1.165) is 4.31 Å². The van der Waals surface area contributed by atoms with Crippen molar-refractivity contribution in [3.8, 4) is 33.9 Å². The molecule has 0 amide bonds. The molecule has 0 bridgehead atoms. The van der Waals surface area contributed by atoms with Crippen molar-refractivity contribution in [1.29, 1.82) is 0 Å². The monoisotopic (exact) mass is 582 g/mol. The topological polar surface area (TPSA) is 94.6 Å². The van der Waals surface area contributed by atoms with Gasteiger partial charge in [0.2, 0.25) is 5.89 Å². The second-order valence-electron chi connectivity index (χ2n) is 9.41. The molecule has 10 heteroatoms. The summed E-state index contributed by atoms with van der Waals surface area (Å²) in [5.41, 5.74) is 8.11. The van der Waals surface area contributed by atoms with E-state index in [0.29, 0.717) is 67.0 Å². The van der Waals surface area contributed by atoms with Gasteiger partial charge in [-0.2, -0.15) is 0 Å². The second kappa shape index (κ2) is 10.8. The summed E-state index contributed by atoms with van der Waals surface area (Å²) in [6.07, 6.45) is 0. The minimum absolute atomic E-state index is 0.287. The maximum absolute atomic E-state index is 13.7. The van der Waals surface area contributed by atoms with E-state index in [9.17, 15) is 17.5 Å². The number of aromatic nitrogens is 1. The SMILES string of the molecule is C=C=C(NC)c1c(-c2ccc(F)cc2)oc2cc(N(C)S(=O)[O-])c(-c3cccc(-c4nc5cc(F)ccc5o4)c3)cc12. The molecule has 0 spiro atoms. The Morgan fingerprint density at radius 1 is 0.952 bits per heavy atom. The van der Waals surface area contributed by atoms with Gasteiger partial charge in [-0.1, -0.05) is 18.7 Å². The van der Waals surface area contributed by atoms with E-state index in [-0.39, 0.29) is 5.89 Å². The number of hydrogen-bond donors (Lipinski definition) is 1. The van der Waals surface area contributed by atoms with Gasteiger partial charge in [0, 0.05) is 59.6 Å². The predicted molar refractivity (Wildman–Crippen MR) is 159 cm³/mol. The van der Waals surface area contributed by atoms with Gasteiger partial charge < -0.3 is 23.0 Å². The average molecular weight is 583 g/mol. The summed E-state index contributed by atoms with van der Waals surface area (Å²) in [4.78, 5) is 4.43. The quantitative estimate of drug-likeness (QED) is 0.155. The summed E-state index contributed by atoms with van der Waals surface area (Å²) in [6, 6.07) is 20.7. The fourth-order valence-electron chi connectivity index (χ4n) is 4.90. The number of nitrogens with one attached hydrogen (secondary N) is 1. The van der Waals surface area contributed by atoms with E-state index < -0.39 is 22.9 Å². The van der Waals surface area contributed by atoms with E-state index in [1.54, 1.807) is 37.4 Å². The van der Waals surface area contributed by atoms with Gasteiger partial charge in [-0.25, -0.2) is 13.8 Å². The fraction of sp³-hybridized carbons (Fsp3) is 0.0625. The Kier molecular flexibility index (Phi) is 6.96. The molecule has 0 aliphatic heterocycles. The molecule has 1 atom stereocenters. The van der Waals surface area contributed by atoms with Crippen LogP contribution in [0.2, 0.25) is 0 Å². The zero-order chi connectivity index (χ0) is 29.5. The van der Waals surface area contributed by atoms with Crippen LogP contribution in [0.4, 0.5) is 14.5 Å².